The molecule has 2 N–H and O–H groups in total. The van der Waals surface area contributed by atoms with Crippen molar-refractivity contribution < 1.29 is 18.7 Å². The van der Waals surface area contributed by atoms with Crippen LogP contribution >= 0.6 is 0 Å². The maximum atomic E-state index is 13.4. The van der Waals surface area contributed by atoms with Gasteiger partial charge < -0.3 is 15.0 Å². The van der Waals surface area contributed by atoms with Crippen molar-refractivity contribution in [2.75, 3.05) is 6.54 Å². The van der Waals surface area contributed by atoms with Crippen LogP contribution in [0, 0.1) is 11.6 Å². The van der Waals surface area contributed by atoms with Gasteiger partial charge in [0.05, 0.1) is 17.7 Å². The van der Waals surface area contributed by atoms with E-state index in [4.69, 9.17) is 0 Å². The number of aliphatic hydroxyl groups excluding tert-OH is 1. The molecule has 120 valence electrons. The Morgan fingerprint density at radius 2 is 2.00 bits per heavy atom. The summed E-state index contributed by atoms with van der Waals surface area (Å²) in [4.78, 5) is 27.4. The van der Waals surface area contributed by atoms with Crippen LogP contribution in [0.3, 0.4) is 0 Å². The molecule has 5 nitrogen and oxygen atoms in total. The summed E-state index contributed by atoms with van der Waals surface area (Å²) in [6.07, 6.45) is 0.775. The Bertz CT molecular complexity index is 786. The fraction of sp³-hybridized carbons (Fsp3) is 0.250. The summed E-state index contributed by atoms with van der Waals surface area (Å²) in [6.45, 7) is 0.0849. The van der Waals surface area contributed by atoms with Gasteiger partial charge in [-0.05, 0) is 30.2 Å². The Balaban J connectivity index is 1.92. The van der Waals surface area contributed by atoms with Crippen LogP contribution in [-0.4, -0.2) is 33.5 Å². The minimum Gasteiger partial charge on any atom is -0.391 e. The van der Waals surface area contributed by atoms with Crippen LogP contribution in [0.25, 0.3) is 0 Å². The number of carbonyl (C=O) groups excluding carboxylic acids is 1. The highest BCUT2D eigenvalue weighted by Crippen LogP contribution is 2.33. The van der Waals surface area contributed by atoms with Crippen molar-refractivity contribution in [3.8, 4) is 0 Å². The van der Waals surface area contributed by atoms with Crippen molar-refractivity contribution in [3.05, 3.63) is 69.6 Å². The van der Waals surface area contributed by atoms with E-state index >= 15 is 0 Å². The van der Waals surface area contributed by atoms with Gasteiger partial charge in [0.1, 0.15) is 0 Å². The number of rotatable bonds is 2. The van der Waals surface area contributed by atoms with Crippen molar-refractivity contribution in [1.82, 2.24) is 9.88 Å². The highest BCUT2D eigenvalue weighted by Gasteiger charge is 2.36. The van der Waals surface area contributed by atoms with Crippen LogP contribution in [0.1, 0.15) is 28.4 Å². The SMILES string of the molecule is O=C(c1ccc(=O)[nH]c1)N1C[C@H](O)C[C@H]1c1ccc(F)c(F)c1. The summed E-state index contributed by atoms with van der Waals surface area (Å²) in [5.41, 5.74) is 0.338. The minimum absolute atomic E-state index is 0.0849. The van der Waals surface area contributed by atoms with Crippen LogP contribution in [0.15, 0.2) is 41.3 Å². The summed E-state index contributed by atoms with van der Waals surface area (Å²) in [6, 6.07) is 5.48. The lowest BCUT2D eigenvalue weighted by atomic mass is 10.0. The molecule has 0 spiro atoms. The molecule has 23 heavy (non-hydrogen) atoms. The molecule has 7 heteroatoms. The van der Waals surface area contributed by atoms with E-state index in [1.54, 1.807) is 0 Å². The lowest BCUT2D eigenvalue weighted by molar-refractivity contribution is 0.0715. The topological polar surface area (TPSA) is 73.4 Å². The van der Waals surface area contributed by atoms with Crippen LogP contribution in [-0.2, 0) is 0 Å². The Labute approximate surface area is 130 Å². The van der Waals surface area contributed by atoms with Gasteiger partial charge in [-0.15, -0.1) is 0 Å². The van der Waals surface area contributed by atoms with E-state index in [-0.39, 0.29) is 24.1 Å². The minimum atomic E-state index is -1.000. The van der Waals surface area contributed by atoms with E-state index in [2.05, 4.69) is 4.98 Å². The smallest absolute Gasteiger partial charge is 0.255 e. The molecule has 1 aliphatic heterocycles. The average molecular weight is 320 g/mol. The van der Waals surface area contributed by atoms with Crippen LogP contribution < -0.4 is 5.56 Å². The molecule has 0 saturated carbocycles. The first-order valence-electron chi connectivity index (χ1n) is 7.08. The molecular formula is C16H14F2N2O3. The van der Waals surface area contributed by atoms with Crippen LogP contribution in [0.2, 0.25) is 0 Å². The number of aromatic nitrogens is 1. The number of β-amino-alcohol motifs (C(OH)–C–C–N with tert-alkyl or cyclic N) is 1. The number of amides is 1. The molecule has 2 aromatic rings. The predicted molar refractivity (Wildman–Crippen MR) is 77.8 cm³/mol. The Kier molecular flexibility index (Phi) is 3.96. The number of carbonyl (C=O) groups is 1. The molecule has 2 atom stereocenters. The molecule has 1 saturated heterocycles. The van der Waals surface area contributed by atoms with E-state index in [1.165, 1.54) is 29.3 Å². The van der Waals surface area contributed by atoms with Gasteiger partial charge >= 0.3 is 0 Å². The molecule has 0 bridgehead atoms. The third-order valence-electron chi connectivity index (χ3n) is 3.90. The number of halogens is 2. The summed E-state index contributed by atoms with van der Waals surface area (Å²) < 4.78 is 26.5. The van der Waals surface area contributed by atoms with Gasteiger partial charge in [0.15, 0.2) is 11.6 Å². The van der Waals surface area contributed by atoms with Crippen molar-refractivity contribution in [2.45, 2.75) is 18.6 Å². The van der Waals surface area contributed by atoms with Gasteiger partial charge in [-0.1, -0.05) is 6.07 Å². The molecular weight excluding hydrogens is 306 g/mol. The second kappa shape index (κ2) is 5.92. The Morgan fingerprint density at radius 3 is 2.65 bits per heavy atom. The van der Waals surface area contributed by atoms with E-state index in [0.29, 0.717) is 5.56 Å². The Hall–Kier alpha value is -2.54. The van der Waals surface area contributed by atoms with Crippen molar-refractivity contribution >= 4 is 5.91 Å². The van der Waals surface area contributed by atoms with Gasteiger partial charge in [-0.25, -0.2) is 8.78 Å². The normalized spacial score (nSPS) is 20.7. The second-order valence-corrected chi connectivity index (χ2v) is 5.48. The summed E-state index contributed by atoms with van der Waals surface area (Å²) >= 11 is 0. The number of hydrogen-bond donors (Lipinski definition) is 2. The zero-order valence-corrected chi connectivity index (χ0v) is 12.0. The molecule has 2 heterocycles. The lowest BCUT2D eigenvalue weighted by Gasteiger charge is -2.24. The van der Waals surface area contributed by atoms with E-state index < -0.39 is 29.7 Å². The number of likely N-dealkylation sites (tertiary alicyclic amines) is 1. The van der Waals surface area contributed by atoms with Gasteiger partial charge in [0, 0.05) is 18.8 Å². The molecule has 1 amide bonds. The number of aromatic amines is 1. The van der Waals surface area contributed by atoms with Gasteiger partial charge in [0.2, 0.25) is 5.56 Å². The second-order valence-electron chi connectivity index (χ2n) is 5.48. The largest absolute Gasteiger partial charge is 0.391 e. The van der Waals surface area contributed by atoms with Crippen molar-refractivity contribution in [3.63, 3.8) is 0 Å². The number of hydrogen-bond acceptors (Lipinski definition) is 3. The standard InChI is InChI=1S/C16H14F2N2O3/c17-12-3-1-9(5-13(12)18)14-6-11(21)8-20(14)16(23)10-2-4-15(22)19-7-10/h1-5,7,11,14,21H,6,8H2,(H,19,22)/t11-,14+/m1/s1. The molecule has 0 unspecified atom stereocenters. The zero-order valence-electron chi connectivity index (χ0n) is 12.0. The third-order valence-corrected chi connectivity index (χ3v) is 3.90. The lowest BCUT2D eigenvalue weighted by Crippen LogP contribution is -2.32. The average Bonchev–Trinajstić information content (AvgIpc) is 2.92. The fourth-order valence-electron chi connectivity index (χ4n) is 2.78. The maximum Gasteiger partial charge on any atom is 0.255 e. The molecule has 3 rings (SSSR count). The highest BCUT2D eigenvalue weighted by atomic mass is 19.2. The number of aliphatic hydroxyl groups is 1. The van der Waals surface area contributed by atoms with Crippen LogP contribution in [0.5, 0.6) is 0 Å². The number of nitrogens with zero attached hydrogens (tertiary/aromatic N) is 1. The number of H-pyrrole nitrogens is 1. The van der Waals surface area contributed by atoms with Gasteiger partial charge in [-0.2, -0.15) is 0 Å². The first-order valence-corrected chi connectivity index (χ1v) is 7.08. The number of benzene rings is 1. The number of nitrogens with one attached hydrogen (secondary N) is 1. The predicted octanol–water partition coefficient (Wildman–Crippen LogP) is 1.60. The molecule has 1 fully saturated rings. The highest BCUT2D eigenvalue weighted by molar-refractivity contribution is 5.94. The van der Waals surface area contributed by atoms with Gasteiger partial charge in [0.25, 0.3) is 5.91 Å². The molecule has 0 radical (unpaired) electrons. The Morgan fingerprint density at radius 1 is 1.22 bits per heavy atom. The summed E-state index contributed by atoms with van der Waals surface area (Å²) in [7, 11) is 0. The summed E-state index contributed by atoms with van der Waals surface area (Å²) in [5, 5.41) is 9.88. The monoisotopic (exact) mass is 320 g/mol. The third kappa shape index (κ3) is 3.00. The molecule has 1 aromatic heterocycles. The number of pyridine rings is 1. The first-order chi connectivity index (χ1) is 11.0. The quantitative estimate of drug-likeness (QED) is 0.883. The molecule has 0 aliphatic carbocycles. The molecule has 1 aromatic carbocycles. The maximum absolute atomic E-state index is 13.4. The van der Waals surface area contributed by atoms with Crippen molar-refractivity contribution in [1.29, 1.82) is 0 Å². The summed E-state index contributed by atoms with van der Waals surface area (Å²) in [5.74, 6) is -2.36. The van der Waals surface area contributed by atoms with Crippen LogP contribution in [0.4, 0.5) is 8.78 Å². The van der Waals surface area contributed by atoms with E-state index in [0.717, 1.165) is 12.1 Å². The first kappa shape index (κ1) is 15.4. The fourth-order valence-corrected chi connectivity index (χ4v) is 2.78. The zero-order chi connectivity index (χ0) is 16.6. The molecule has 1 aliphatic rings. The van der Waals surface area contributed by atoms with Gasteiger partial charge in [-0.3, -0.25) is 9.59 Å². The van der Waals surface area contributed by atoms with E-state index in [1.807, 2.05) is 0 Å². The van der Waals surface area contributed by atoms with E-state index in [9.17, 15) is 23.5 Å². The van der Waals surface area contributed by atoms with Crippen molar-refractivity contribution in [2.24, 2.45) is 0 Å².